The van der Waals surface area contributed by atoms with Gasteiger partial charge in [0.05, 0.1) is 0 Å². The number of halogens is 1. The Labute approximate surface area is 76.2 Å². The van der Waals surface area contributed by atoms with E-state index in [1.807, 2.05) is 0 Å². The van der Waals surface area contributed by atoms with Gasteiger partial charge in [-0.05, 0) is 38.0 Å². The van der Waals surface area contributed by atoms with Crippen LogP contribution in [-0.4, -0.2) is 3.92 Å². The van der Waals surface area contributed by atoms with Gasteiger partial charge in [0.15, 0.2) is 0 Å². The van der Waals surface area contributed by atoms with Crippen LogP contribution >= 0.6 is 22.6 Å². The van der Waals surface area contributed by atoms with Crippen LogP contribution in [0.4, 0.5) is 0 Å². The van der Waals surface area contributed by atoms with Crippen LogP contribution in [0.3, 0.4) is 0 Å². The lowest BCUT2D eigenvalue weighted by Crippen LogP contribution is -2.09. The highest BCUT2D eigenvalue weighted by Gasteiger charge is 2.37. The third-order valence-corrected chi connectivity index (χ3v) is 4.58. The summed E-state index contributed by atoms with van der Waals surface area (Å²) in [6.07, 6.45) is 6.73. The monoisotopic (exact) mass is 248 g/mol. The second kappa shape index (κ2) is 2.50. The van der Waals surface area contributed by atoms with Gasteiger partial charge in [-0.2, -0.15) is 0 Å². The van der Waals surface area contributed by atoms with Crippen molar-refractivity contribution >= 4 is 22.6 Å². The number of fused-ring (bicyclic) bond motifs is 1. The maximum absolute atomic E-state index is 2.63. The average Bonchev–Trinajstić information content (AvgIpc) is 2.41. The lowest BCUT2D eigenvalue weighted by molar-refractivity contribution is 0.494. The van der Waals surface area contributed by atoms with Crippen molar-refractivity contribution in [2.45, 2.75) is 30.1 Å². The van der Waals surface area contributed by atoms with Crippen molar-refractivity contribution in [3.63, 3.8) is 0 Å². The van der Waals surface area contributed by atoms with Gasteiger partial charge in [0, 0.05) is 3.92 Å². The smallest absolute Gasteiger partial charge is 0.0147 e. The minimum Gasteiger partial charge on any atom is -0.0850 e. The second-order valence-corrected chi connectivity index (χ2v) is 5.15. The predicted octanol–water partition coefficient (Wildman–Crippen LogP) is 3.17. The minimum absolute atomic E-state index is 0.969. The van der Waals surface area contributed by atoms with Crippen molar-refractivity contribution in [3.8, 4) is 0 Å². The van der Waals surface area contributed by atoms with Gasteiger partial charge in [-0.3, -0.25) is 0 Å². The molecule has 0 aromatic carbocycles. The molecular weight excluding hydrogens is 235 g/mol. The minimum atomic E-state index is 0.969. The zero-order valence-electron chi connectivity index (χ0n) is 6.31. The molecule has 0 aromatic heterocycles. The second-order valence-electron chi connectivity index (χ2n) is 3.55. The van der Waals surface area contributed by atoms with Crippen molar-refractivity contribution in [1.29, 1.82) is 0 Å². The van der Waals surface area contributed by atoms with Gasteiger partial charge in [-0.15, -0.1) is 0 Å². The van der Waals surface area contributed by atoms with Gasteiger partial charge in [0.2, 0.25) is 0 Å². The number of rotatable bonds is 0. The van der Waals surface area contributed by atoms with E-state index in [1.54, 1.807) is 5.57 Å². The summed E-state index contributed by atoms with van der Waals surface area (Å²) in [6.45, 7) is 2.30. The number of alkyl halides is 1. The molecule has 1 heteroatoms. The van der Waals surface area contributed by atoms with E-state index in [4.69, 9.17) is 0 Å². The first kappa shape index (κ1) is 7.14. The predicted molar refractivity (Wildman–Crippen MR) is 52.4 cm³/mol. The van der Waals surface area contributed by atoms with Gasteiger partial charge in [0.1, 0.15) is 0 Å². The van der Waals surface area contributed by atoms with E-state index >= 15 is 0 Å². The third kappa shape index (κ3) is 0.936. The molecule has 0 heterocycles. The summed E-state index contributed by atoms with van der Waals surface area (Å²) in [6, 6.07) is 0. The molecule has 2 rings (SSSR count). The average molecular weight is 248 g/mol. The van der Waals surface area contributed by atoms with E-state index < -0.39 is 0 Å². The highest BCUT2D eigenvalue weighted by atomic mass is 127. The molecule has 1 saturated carbocycles. The molecule has 3 atom stereocenters. The topological polar surface area (TPSA) is 0 Å². The van der Waals surface area contributed by atoms with Crippen LogP contribution in [0.5, 0.6) is 0 Å². The maximum Gasteiger partial charge on any atom is 0.0147 e. The molecule has 0 N–H and O–H groups in total. The molecule has 10 heavy (non-hydrogen) atoms. The molecule has 0 aliphatic heterocycles. The van der Waals surface area contributed by atoms with Crippen molar-refractivity contribution in [3.05, 3.63) is 11.6 Å². The number of hydrogen-bond acceptors (Lipinski definition) is 0. The van der Waals surface area contributed by atoms with E-state index in [0.29, 0.717) is 0 Å². The Morgan fingerprint density at radius 1 is 1.50 bits per heavy atom. The Morgan fingerprint density at radius 2 is 2.30 bits per heavy atom. The molecular formula is C9H13I. The van der Waals surface area contributed by atoms with E-state index in [1.165, 1.54) is 19.3 Å². The highest BCUT2D eigenvalue weighted by Crippen LogP contribution is 2.46. The van der Waals surface area contributed by atoms with Crippen LogP contribution in [0, 0.1) is 11.8 Å². The van der Waals surface area contributed by atoms with Crippen molar-refractivity contribution in [2.75, 3.05) is 0 Å². The summed E-state index contributed by atoms with van der Waals surface area (Å²) >= 11 is 2.63. The van der Waals surface area contributed by atoms with E-state index in [-0.39, 0.29) is 0 Å². The first-order chi connectivity index (χ1) is 4.79. The molecule has 0 spiro atoms. The van der Waals surface area contributed by atoms with Gasteiger partial charge in [-0.1, -0.05) is 34.2 Å². The highest BCUT2D eigenvalue weighted by molar-refractivity contribution is 14.1. The molecule has 0 unspecified atom stereocenters. The Hall–Kier alpha value is 0.470. The maximum atomic E-state index is 2.63. The lowest BCUT2D eigenvalue weighted by atomic mass is 9.96. The zero-order valence-corrected chi connectivity index (χ0v) is 8.47. The summed E-state index contributed by atoms with van der Waals surface area (Å²) in [5.74, 6) is 1.99. The van der Waals surface area contributed by atoms with Crippen molar-refractivity contribution in [2.24, 2.45) is 11.8 Å². The molecule has 56 valence electrons. The van der Waals surface area contributed by atoms with E-state index in [9.17, 15) is 0 Å². The SMILES string of the molecule is CC1=CC[C@@H]2[C@H](I)CC[C@H]12. The summed E-state index contributed by atoms with van der Waals surface area (Å²) in [5, 5.41) is 0. The van der Waals surface area contributed by atoms with Crippen LogP contribution in [0.25, 0.3) is 0 Å². The fraction of sp³-hybridized carbons (Fsp3) is 0.778. The Balaban J connectivity index is 2.16. The molecule has 0 aromatic rings. The largest absolute Gasteiger partial charge is 0.0850 e. The summed E-state index contributed by atoms with van der Waals surface area (Å²) in [7, 11) is 0. The molecule has 0 bridgehead atoms. The zero-order chi connectivity index (χ0) is 7.14. The standard InChI is InChI=1S/C9H13I/c1-6-2-3-8-7(6)4-5-9(8)10/h2,7-9H,3-5H2,1H3/t7-,8+,9-/m1/s1. The van der Waals surface area contributed by atoms with Crippen molar-refractivity contribution in [1.82, 2.24) is 0 Å². The summed E-state index contributed by atoms with van der Waals surface area (Å²) in [5.41, 5.74) is 1.67. The van der Waals surface area contributed by atoms with Crippen LogP contribution in [0.15, 0.2) is 11.6 Å². The quantitative estimate of drug-likeness (QED) is 0.351. The van der Waals surface area contributed by atoms with Crippen molar-refractivity contribution < 1.29 is 0 Å². The van der Waals surface area contributed by atoms with Gasteiger partial charge in [-0.25, -0.2) is 0 Å². The first-order valence-electron chi connectivity index (χ1n) is 4.10. The fourth-order valence-corrected chi connectivity index (χ4v) is 3.52. The number of hydrogen-bond donors (Lipinski definition) is 0. The van der Waals surface area contributed by atoms with Crippen LogP contribution in [-0.2, 0) is 0 Å². The van der Waals surface area contributed by atoms with Crippen LogP contribution in [0.1, 0.15) is 26.2 Å². The lowest BCUT2D eigenvalue weighted by Gasteiger charge is -2.13. The Morgan fingerprint density at radius 3 is 3.00 bits per heavy atom. The van der Waals surface area contributed by atoms with E-state index in [0.717, 1.165) is 15.8 Å². The molecule has 1 fully saturated rings. The Bertz CT molecular complexity index is 172. The molecule has 0 radical (unpaired) electrons. The van der Waals surface area contributed by atoms with E-state index in [2.05, 4.69) is 35.6 Å². The van der Waals surface area contributed by atoms with Gasteiger partial charge in [0.25, 0.3) is 0 Å². The molecule has 2 aliphatic carbocycles. The van der Waals surface area contributed by atoms with Gasteiger partial charge >= 0.3 is 0 Å². The molecule has 0 saturated heterocycles. The molecule has 0 amide bonds. The summed E-state index contributed by atoms with van der Waals surface area (Å²) < 4.78 is 0.969. The van der Waals surface area contributed by atoms with Gasteiger partial charge < -0.3 is 0 Å². The normalized spacial score (nSPS) is 45.4. The fourth-order valence-electron chi connectivity index (χ4n) is 2.37. The summed E-state index contributed by atoms with van der Waals surface area (Å²) in [4.78, 5) is 0. The number of allylic oxidation sites excluding steroid dienone is 2. The Kier molecular flexibility index (Phi) is 1.79. The molecule has 2 aliphatic rings. The first-order valence-corrected chi connectivity index (χ1v) is 5.34. The van der Waals surface area contributed by atoms with Crippen LogP contribution in [0.2, 0.25) is 0 Å². The third-order valence-electron chi connectivity index (χ3n) is 3.03. The van der Waals surface area contributed by atoms with Crippen LogP contribution < -0.4 is 0 Å². The molecule has 0 nitrogen and oxygen atoms in total.